The van der Waals surface area contributed by atoms with Gasteiger partial charge in [0.1, 0.15) is 44.5 Å². The van der Waals surface area contributed by atoms with Crippen molar-refractivity contribution in [1.82, 2.24) is 9.79 Å². The van der Waals surface area contributed by atoms with Crippen molar-refractivity contribution in [2.75, 3.05) is 127 Å². The van der Waals surface area contributed by atoms with Crippen LogP contribution in [0.5, 0.6) is 11.5 Å². The number of rotatable bonds is 32. The summed E-state index contributed by atoms with van der Waals surface area (Å²) in [5.74, 6) is 13.0. The summed E-state index contributed by atoms with van der Waals surface area (Å²) in [6, 6.07) is 24.7. The number of hydrogen-bond donors (Lipinski definition) is 2. The third-order valence-corrected chi connectivity index (χ3v) is 11.0. The minimum Gasteiger partial charge on any atom is -0.491 e. The summed E-state index contributed by atoms with van der Waals surface area (Å²) < 4.78 is 56.9. The van der Waals surface area contributed by atoms with E-state index in [0.717, 1.165) is 56.2 Å². The number of carbonyl (C=O) groups is 2. The lowest BCUT2D eigenvalue weighted by atomic mass is 9.63. The molecule has 0 unspecified atom stereocenters. The van der Waals surface area contributed by atoms with E-state index in [4.69, 9.17) is 52.4 Å². The first kappa shape index (κ1) is 58.9. The van der Waals surface area contributed by atoms with Crippen molar-refractivity contribution < 1.29 is 62.1 Å². The molecule has 1 aliphatic heterocycles. The molecule has 0 bridgehead atoms. The van der Waals surface area contributed by atoms with Crippen molar-refractivity contribution in [3.8, 4) is 35.0 Å². The minimum absolute atomic E-state index is 0.140. The average molecular weight is 1030 g/mol. The fraction of sp³-hybridized carbons (Fsp3) is 0.362. The molecular formula is C58H68BN3O13. The maximum atomic E-state index is 13.1. The predicted molar refractivity (Wildman–Crippen MR) is 292 cm³/mol. The van der Waals surface area contributed by atoms with Crippen LogP contribution in [0.1, 0.15) is 50.9 Å². The van der Waals surface area contributed by atoms with Gasteiger partial charge in [-0.1, -0.05) is 60.4 Å². The minimum atomic E-state index is -1.15. The molecule has 17 heteroatoms. The molecule has 75 heavy (non-hydrogen) atoms. The van der Waals surface area contributed by atoms with Crippen LogP contribution in [-0.4, -0.2) is 162 Å². The van der Waals surface area contributed by atoms with E-state index in [1.807, 2.05) is 105 Å². The van der Waals surface area contributed by atoms with Crippen LogP contribution in [0, 0.1) is 30.4 Å². The van der Waals surface area contributed by atoms with E-state index in [1.165, 1.54) is 0 Å². The molecule has 0 fully saturated rings. The van der Waals surface area contributed by atoms with Crippen molar-refractivity contribution in [1.29, 1.82) is 0 Å². The van der Waals surface area contributed by atoms with Gasteiger partial charge in [-0.15, -0.1) is 11.6 Å². The van der Waals surface area contributed by atoms with Gasteiger partial charge in [-0.05, 0) is 102 Å². The normalized spacial score (nSPS) is 12.7. The zero-order valence-electron chi connectivity index (χ0n) is 43.8. The number of nitrogens with one attached hydrogen (secondary N) is 1. The van der Waals surface area contributed by atoms with Gasteiger partial charge in [0.2, 0.25) is 0 Å². The molecule has 0 radical (unpaired) electrons. The largest absolute Gasteiger partial charge is 0.491 e. The molecule has 2 N–H and O–H groups in total. The smallest absolute Gasteiger partial charge is 0.433 e. The number of methoxy groups -OCH3 is 4. The SMILES string of the molecule is COCCOCC#CB(C#CCOCCOC)n1c(/C=C/c2ccc(OCCOCCOC)cc2)cc(C)c1/C(=C1N=C(/C=C/c2ccc(OCCOCCOC)cc2)C=C\1C)c1ccc(C(=O)NCC(=O)O)cc1. The molecule has 0 saturated heterocycles. The van der Waals surface area contributed by atoms with Gasteiger partial charge in [-0.2, -0.15) is 0 Å². The summed E-state index contributed by atoms with van der Waals surface area (Å²) in [6.07, 6.45) is 10.0. The summed E-state index contributed by atoms with van der Waals surface area (Å²) in [7, 11) is 6.50. The van der Waals surface area contributed by atoms with Crippen LogP contribution < -0.4 is 14.8 Å². The lowest BCUT2D eigenvalue weighted by Crippen LogP contribution is -2.29. The molecule has 396 valence electrons. The van der Waals surface area contributed by atoms with E-state index < -0.39 is 25.3 Å². The zero-order chi connectivity index (χ0) is 53.5. The van der Waals surface area contributed by atoms with E-state index in [-0.39, 0.29) is 13.2 Å². The zero-order valence-corrected chi connectivity index (χ0v) is 43.8. The maximum Gasteiger partial charge on any atom is 0.433 e. The van der Waals surface area contributed by atoms with E-state index in [9.17, 15) is 14.7 Å². The fourth-order valence-corrected chi connectivity index (χ4v) is 7.32. The Labute approximate surface area is 441 Å². The Morgan fingerprint density at radius 3 is 1.60 bits per heavy atom. The average Bonchev–Trinajstić information content (AvgIpc) is 3.96. The number of aliphatic carboxylic acids is 1. The molecule has 0 atom stereocenters. The number of allylic oxidation sites excluding steroid dienone is 3. The van der Waals surface area contributed by atoms with Crippen molar-refractivity contribution >= 4 is 48.2 Å². The Kier molecular flexibility index (Phi) is 26.5. The van der Waals surface area contributed by atoms with Crippen LogP contribution in [0.25, 0.3) is 23.8 Å². The molecule has 1 aliphatic rings. The molecule has 16 nitrogen and oxygen atoms in total. The Balaban J connectivity index is 1.63. The van der Waals surface area contributed by atoms with E-state index in [2.05, 4.69) is 39.3 Å². The highest BCUT2D eigenvalue weighted by Crippen LogP contribution is 2.38. The second-order valence-electron chi connectivity index (χ2n) is 16.6. The molecule has 5 rings (SSSR count). The van der Waals surface area contributed by atoms with Crippen LogP contribution >= 0.6 is 0 Å². The molecule has 1 aromatic heterocycles. The van der Waals surface area contributed by atoms with E-state index in [1.54, 1.807) is 40.6 Å². The highest BCUT2D eigenvalue weighted by atomic mass is 16.5. The molecule has 0 aliphatic carbocycles. The third kappa shape index (κ3) is 20.3. The quantitative estimate of drug-likeness (QED) is 0.0291. The van der Waals surface area contributed by atoms with Crippen LogP contribution in [0.3, 0.4) is 0 Å². The lowest BCUT2D eigenvalue weighted by molar-refractivity contribution is -0.135. The van der Waals surface area contributed by atoms with Gasteiger partial charge in [-0.3, -0.25) is 9.59 Å². The third-order valence-electron chi connectivity index (χ3n) is 11.0. The Morgan fingerprint density at radius 1 is 0.613 bits per heavy atom. The van der Waals surface area contributed by atoms with Crippen LogP contribution in [-0.2, 0) is 42.7 Å². The van der Waals surface area contributed by atoms with Gasteiger partial charge in [0.25, 0.3) is 5.91 Å². The van der Waals surface area contributed by atoms with Gasteiger partial charge in [0.15, 0.2) is 0 Å². The number of hydrogen-bond acceptors (Lipinski definition) is 13. The molecule has 1 amide bonds. The van der Waals surface area contributed by atoms with Crippen molar-refractivity contribution in [2.45, 2.75) is 13.8 Å². The van der Waals surface area contributed by atoms with Gasteiger partial charge >= 0.3 is 12.8 Å². The number of aryl methyl sites for hydroxylation is 1. The molecule has 0 spiro atoms. The van der Waals surface area contributed by atoms with Crippen LogP contribution in [0.4, 0.5) is 0 Å². The van der Waals surface area contributed by atoms with Crippen molar-refractivity contribution in [3.05, 3.63) is 141 Å². The molecule has 0 saturated carbocycles. The lowest BCUT2D eigenvalue weighted by Gasteiger charge is -2.19. The first-order valence-electron chi connectivity index (χ1n) is 24.5. The van der Waals surface area contributed by atoms with Gasteiger partial charge in [0.05, 0.1) is 77.5 Å². The number of nitrogens with zero attached hydrogens (tertiary/aromatic N) is 2. The summed E-state index contributed by atoms with van der Waals surface area (Å²) >= 11 is 0. The molecular weight excluding hydrogens is 957 g/mol. The maximum absolute atomic E-state index is 13.1. The molecule has 2 heterocycles. The van der Waals surface area contributed by atoms with Gasteiger partial charge < -0.3 is 62.3 Å². The van der Waals surface area contributed by atoms with Crippen molar-refractivity contribution in [3.63, 3.8) is 0 Å². The summed E-state index contributed by atoms with van der Waals surface area (Å²) in [5, 5.41) is 11.7. The number of benzene rings is 3. The predicted octanol–water partition coefficient (Wildman–Crippen LogP) is 6.99. The second-order valence-corrected chi connectivity index (χ2v) is 16.6. The Hall–Kier alpha value is -7.03. The number of carboxylic acid groups (broad SMARTS) is 1. The second kappa shape index (κ2) is 33.7. The van der Waals surface area contributed by atoms with Gasteiger partial charge in [0, 0.05) is 51.0 Å². The van der Waals surface area contributed by atoms with Crippen molar-refractivity contribution in [2.24, 2.45) is 4.99 Å². The van der Waals surface area contributed by atoms with Gasteiger partial charge in [-0.25, -0.2) is 4.99 Å². The Bertz CT molecular complexity index is 2670. The summed E-state index contributed by atoms with van der Waals surface area (Å²) in [5.41, 5.74) is 8.43. The number of aliphatic imine (C=N–C) groups is 1. The first-order chi connectivity index (χ1) is 36.6. The first-order valence-corrected chi connectivity index (χ1v) is 24.5. The number of carboxylic acids is 1. The molecule has 4 aromatic rings. The number of ether oxygens (including phenoxy) is 10. The highest BCUT2D eigenvalue weighted by molar-refractivity contribution is 6.74. The topological polar surface area (TPSA) is 176 Å². The summed E-state index contributed by atoms with van der Waals surface area (Å²) in [6.45, 7) is 8.43. The van der Waals surface area contributed by atoms with E-state index in [0.29, 0.717) is 96.3 Å². The van der Waals surface area contributed by atoms with Crippen LogP contribution in [0.15, 0.2) is 107 Å². The summed E-state index contributed by atoms with van der Waals surface area (Å²) in [4.78, 5) is 29.7. The standard InChI is InChI=1S/C58H68BN3O13/c1-44-41-50(19-9-46-11-21-52(22-12-46)74-39-37-72-35-31-68-5)61-56(44)55(48-15-17-49(18-16-48)58(65)60-43-54(63)64)57-45(2)42-51(20-10-47-13-23-53(24-14-47)75-40-38-73-36-32-69-6)62(57)59(25-7-27-70-33-29-66-3)26-8-28-71-34-30-67-4/h9-24,41-42H,27-40,43H2,1-6H3,(H,60,65)(H,63,64)/b19-9+,20-10+,56-55-. The monoisotopic (exact) mass is 1030 g/mol. The fourth-order valence-electron chi connectivity index (χ4n) is 7.32. The van der Waals surface area contributed by atoms with Crippen LogP contribution in [0.2, 0.25) is 0 Å². The van der Waals surface area contributed by atoms with E-state index >= 15 is 0 Å². The number of amides is 1. The number of aromatic nitrogens is 1. The molecule has 3 aromatic carbocycles. The number of carbonyl (C=O) groups excluding carboxylic acids is 1. The Morgan fingerprint density at radius 2 is 1.09 bits per heavy atom. The highest BCUT2D eigenvalue weighted by Gasteiger charge is 2.28.